The molecule has 0 aliphatic carbocycles. The van der Waals surface area contributed by atoms with Crippen molar-refractivity contribution in [3.8, 4) is 0 Å². The van der Waals surface area contributed by atoms with Gasteiger partial charge < -0.3 is 24.8 Å². The largest absolute Gasteiger partial charge is 0.469 e. The molecule has 0 aromatic heterocycles. The first-order valence-electron chi connectivity index (χ1n) is 8.70. The molecule has 0 unspecified atom stereocenters. The van der Waals surface area contributed by atoms with Gasteiger partial charge in [-0.2, -0.15) is 0 Å². The molecule has 0 aliphatic rings. The van der Waals surface area contributed by atoms with E-state index in [1.165, 1.54) is 7.11 Å². The van der Waals surface area contributed by atoms with Gasteiger partial charge in [-0.1, -0.05) is 12.1 Å². The van der Waals surface area contributed by atoms with Crippen LogP contribution in [0.1, 0.15) is 39.2 Å². The summed E-state index contributed by atoms with van der Waals surface area (Å²) >= 11 is 0. The smallest absolute Gasteiger partial charge is 0.407 e. The van der Waals surface area contributed by atoms with Gasteiger partial charge in [-0.25, -0.2) is 4.79 Å². The fraction of sp³-hybridized carbons (Fsp3) is 0.526. The number of methoxy groups -OCH3 is 1. The van der Waals surface area contributed by atoms with Crippen molar-refractivity contribution in [2.45, 2.75) is 45.8 Å². The van der Waals surface area contributed by atoms with E-state index in [4.69, 9.17) is 9.47 Å². The monoisotopic (exact) mass is 380 g/mol. The number of alkyl carbamates (subject to hydrolysis) is 1. The van der Waals surface area contributed by atoms with Crippen LogP contribution < -0.4 is 10.6 Å². The lowest BCUT2D eigenvalue weighted by molar-refractivity contribution is -0.141. The van der Waals surface area contributed by atoms with Crippen LogP contribution in [0, 0.1) is 0 Å². The Morgan fingerprint density at radius 1 is 1.00 bits per heavy atom. The van der Waals surface area contributed by atoms with Gasteiger partial charge in [0.2, 0.25) is 5.91 Å². The van der Waals surface area contributed by atoms with Gasteiger partial charge in [0.15, 0.2) is 0 Å². The van der Waals surface area contributed by atoms with E-state index in [9.17, 15) is 14.4 Å². The van der Waals surface area contributed by atoms with Crippen molar-refractivity contribution >= 4 is 23.7 Å². The van der Waals surface area contributed by atoms with E-state index in [1.54, 1.807) is 45.0 Å². The van der Waals surface area contributed by atoms with Gasteiger partial charge in [0.25, 0.3) is 0 Å². The Morgan fingerprint density at radius 2 is 1.63 bits per heavy atom. The number of nitrogens with one attached hydrogen (secondary N) is 2. The van der Waals surface area contributed by atoms with Crippen molar-refractivity contribution in [1.29, 1.82) is 0 Å². The molecule has 0 spiro atoms. The van der Waals surface area contributed by atoms with Crippen molar-refractivity contribution in [3.63, 3.8) is 0 Å². The van der Waals surface area contributed by atoms with Crippen LogP contribution in [-0.2, 0) is 30.3 Å². The number of hydrogen-bond acceptors (Lipinski definition) is 6. The van der Waals surface area contributed by atoms with Crippen LogP contribution in [0.4, 0.5) is 10.5 Å². The summed E-state index contributed by atoms with van der Waals surface area (Å²) in [5.74, 6) is -0.534. The molecule has 0 fully saturated rings. The second-order valence-corrected chi connectivity index (χ2v) is 6.79. The van der Waals surface area contributed by atoms with Gasteiger partial charge in [-0.05, 0) is 38.5 Å². The van der Waals surface area contributed by atoms with Gasteiger partial charge in [-0.15, -0.1) is 0 Å². The standard InChI is InChI=1S/C19H28N2O6/c1-19(2,3)27-18(24)20-13-14-5-7-15(8-6-14)21-16(22)9-11-26-12-10-17(23)25-4/h5-8H,9-13H2,1-4H3,(H,20,24)(H,21,22). The van der Waals surface area contributed by atoms with Gasteiger partial charge in [0, 0.05) is 12.2 Å². The highest BCUT2D eigenvalue weighted by Gasteiger charge is 2.15. The van der Waals surface area contributed by atoms with Crippen LogP contribution in [-0.4, -0.2) is 43.9 Å². The molecule has 150 valence electrons. The van der Waals surface area contributed by atoms with Gasteiger partial charge in [-0.3, -0.25) is 9.59 Å². The van der Waals surface area contributed by atoms with Crippen molar-refractivity contribution in [3.05, 3.63) is 29.8 Å². The SMILES string of the molecule is COC(=O)CCOCCC(=O)Nc1ccc(CNC(=O)OC(C)(C)C)cc1. The van der Waals surface area contributed by atoms with E-state index in [1.807, 2.05) is 0 Å². The summed E-state index contributed by atoms with van der Waals surface area (Å²) in [7, 11) is 1.31. The molecule has 0 bridgehead atoms. The van der Waals surface area contributed by atoms with E-state index in [-0.39, 0.29) is 37.9 Å². The maximum atomic E-state index is 11.8. The lowest BCUT2D eigenvalue weighted by atomic mass is 10.2. The summed E-state index contributed by atoms with van der Waals surface area (Å²) < 4.78 is 14.9. The van der Waals surface area contributed by atoms with E-state index >= 15 is 0 Å². The van der Waals surface area contributed by atoms with Crippen molar-refractivity contribution in [2.75, 3.05) is 25.6 Å². The summed E-state index contributed by atoms with van der Waals surface area (Å²) in [5, 5.41) is 5.42. The topological polar surface area (TPSA) is 103 Å². The Balaban J connectivity index is 2.28. The van der Waals surface area contributed by atoms with Crippen LogP contribution in [0.5, 0.6) is 0 Å². The summed E-state index contributed by atoms with van der Waals surface area (Å²) in [4.78, 5) is 34.4. The Morgan fingerprint density at radius 3 is 2.22 bits per heavy atom. The molecule has 1 aromatic carbocycles. The highest BCUT2D eigenvalue weighted by molar-refractivity contribution is 5.90. The number of ether oxygens (including phenoxy) is 3. The maximum Gasteiger partial charge on any atom is 0.407 e. The van der Waals surface area contributed by atoms with Crippen LogP contribution in [0.15, 0.2) is 24.3 Å². The lowest BCUT2D eigenvalue weighted by Gasteiger charge is -2.19. The molecule has 0 heterocycles. The van der Waals surface area contributed by atoms with Crippen LogP contribution in [0.2, 0.25) is 0 Å². The molecule has 2 amide bonds. The molecule has 1 aromatic rings. The average Bonchev–Trinajstić information content (AvgIpc) is 2.59. The number of hydrogen-bond donors (Lipinski definition) is 2. The fourth-order valence-corrected chi connectivity index (χ4v) is 1.94. The predicted molar refractivity (Wildman–Crippen MR) is 100 cm³/mol. The first-order chi connectivity index (χ1) is 12.7. The predicted octanol–water partition coefficient (Wildman–Crippen LogP) is 2.62. The third-order valence-electron chi connectivity index (χ3n) is 3.23. The second-order valence-electron chi connectivity index (χ2n) is 6.79. The fourth-order valence-electron chi connectivity index (χ4n) is 1.94. The Hall–Kier alpha value is -2.61. The van der Waals surface area contributed by atoms with Crippen LogP contribution in [0.3, 0.4) is 0 Å². The number of rotatable bonds is 9. The van der Waals surface area contributed by atoms with Crippen molar-refractivity contribution in [2.24, 2.45) is 0 Å². The third kappa shape index (κ3) is 10.9. The molecular weight excluding hydrogens is 352 g/mol. The summed E-state index contributed by atoms with van der Waals surface area (Å²) in [5.41, 5.74) is 0.988. The van der Waals surface area contributed by atoms with Gasteiger partial charge in [0.1, 0.15) is 5.60 Å². The van der Waals surface area contributed by atoms with E-state index in [2.05, 4.69) is 15.4 Å². The minimum atomic E-state index is -0.540. The number of benzene rings is 1. The first-order valence-corrected chi connectivity index (χ1v) is 8.70. The quantitative estimate of drug-likeness (QED) is 0.504. The number of amides is 2. The molecular formula is C19H28N2O6. The molecule has 2 N–H and O–H groups in total. The van der Waals surface area contributed by atoms with Gasteiger partial charge >= 0.3 is 12.1 Å². The second kappa shape index (κ2) is 11.2. The number of carbonyl (C=O) groups excluding carboxylic acids is 3. The average molecular weight is 380 g/mol. The normalized spacial score (nSPS) is 10.8. The number of esters is 1. The summed E-state index contributed by atoms with van der Waals surface area (Å²) in [6.45, 7) is 6.17. The zero-order chi connectivity index (χ0) is 20.3. The molecule has 8 heteroatoms. The zero-order valence-corrected chi connectivity index (χ0v) is 16.3. The minimum absolute atomic E-state index is 0.164. The molecule has 0 atom stereocenters. The Bertz CT molecular complexity index is 622. The maximum absolute atomic E-state index is 11.8. The highest BCUT2D eigenvalue weighted by Crippen LogP contribution is 2.11. The Kier molecular flexibility index (Phi) is 9.29. The molecule has 0 saturated heterocycles. The van der Waals surface area contributed by atoms with Crippen molar-refractivity contribution in [1.82, 2.24) is 5.32 Å². The van der Waals surface area contributed by atoms with Gasteiger partial charge in [0.05, 0.1) is 33.2 Å². The molecule has 27 heavy (non-hydrogen) atoms. The van der Waals surface area contributed by atoms with Crippen LogP contribution >= 0.6 is 0 Å². The molecule has 0 radical (unpaired) electrons. The van der Waals surface area contributed by atoms with Crippen LogP contribution in [0.25, 0.3) is 0 Å². The highest BCUT2D eigenvalue weighted by atomic mass is 16.6. The lowest BCUT2D eigenvalue weighted by Crippen LogP contribution is -2.32. The molecule has 0 saturated carbocycles. The summed E-state index contributed by atoms with van der Waals surface area (Å²) in [6.07, 6.45) is -0.132. The first kappa shape index (κ1) is 22.4. The Labute approximate surface area is 159 Å². The van der Waals surface area contributed by atoms with E-state index in [0.29, 0.717) is 12.2 Å². The molecule has 8 nitrogen and oxygen atoms in total. The number of anilines is 1. The van der Waals surface area contributed by atoms with E-state index in [0.717, 1.165) is 5.56 Å². The third-order valence-corrected chi connectivity index (χ3v) is 3.23. The van der Waals surface area contributed by atoms with E-state index < -0.39 is 11.7 Å². The number of carbonyl (C=O) groups is 3. The minimum Gasteiger partial charge on any atom is -0.469 e. The van der Waals surface area contributed by atoms with Crippen molar-refractivity contribution < 1.29 is 28.6 Å². The molecule has 1 rings (SSSR count). The summed E-state index contributed by atoms with van der Waals surface area (Å²) in [6, 6.07) is 7.11. The molecule has 0 aliphatic heterocycles. The zero-order valence-electron chi connectivity index (χ0n) is 16.3.